The molecule has 1 saturated heterocycles. The van der Waals surface area contributed by atoms with Crippen molar-refractivity contribution in [3.05, 3.63) is 0 Å². The molecule has 0 saturated carbocycles. The van der Waals surface area contributed by atoms with Gasteiger partial charge in [-0.15, -0.1) is 0 Å². The average molecular weight is 241 g/mol. The molecule has 1 heterocycles. The molecule has 98 valence electrons. The lowest BCUT2D eigenvalue weighted by Crippen LogP contribution is -2.43. The van der Waals surface area contributed by atoms with E-state index in [9.17, 15) is 9.59 Å². The molecule has 1 rings (SSSR count). The van der Waals surface area contributed by atoms with E-state index in [0.717, 1.165) is 32.4 Å². The molecule has 0 bridgehead atoms. The molecule has 0 spiro atoms. The summed E-state index contributed by atoms with van der Waals surface area (Å²) < 4.78 is 0. The Morgan fingerprint density at radius 2 is 1.76 bits per heavy atom. The number of piperidine rings is 1. The van der Waals surface area contributed by atoms with Crippen molar-refractivity contribution in [1.82, 2.24) is 15.5 Å². The molecule has 1 aliphatic rings. The van der Waals surface area contributed by atoms with Gasteiger partial charge in [0.1, 0.15) is 0 Å². The SMILES string of the molecule is CCCNC(=O)CCNC(=O)N1CCCCC1. The minimum atomic E-state index is -0.0343. The molecular formula is C12H23N3O2. The Labute approximate surface area is 103 Å². The number of hydrogen-bond donors (Lipinski definition) is 2. The van der Waals surface area contributed by atoms with Gasteiger partial charge in [0.25, 0.3) is 0 Å². The second kappa shape index (κ2) is 7.92. The predicted octanol–water partition coefficient (Wildman–Crippen LogP) is 1.10. The summed E-state index contributed by atoms with van der Waals surface area (Å²) in [5.41, 5.74) is 0. The van der Waals surface area contributed by atoms with Crippen LogP contribution in [0.4, 0.5) is 4.79 Å². The standard InChI is InChI=1S/C12H23N3O2/c1-2-7-13-11(16)6-8-14-12(17)15-9-4-3-5-10-15/h2-10H2,1H3,(H,13,16)(H,14,17). The summed E-state index contributed by atoms with van der Waals surface area (Å²) in [7, 11) is 0. The monoisotopic (exact) mass is 241 g/mol. The zero-order chi connectivity index (χ0) is 12.5. The quantitative estimate of drug-likeness (QED) is 0.757. The number of nitrogens with zero attached hydrogens (tertiary/aromatic N) is 1. The highest BCUT2D eigenvalue weighted by Gasteiger charge is 2.15. The van der Waals surface area contributed by atoms with E-state index in [-0.39, 0.29) is 11.9 Å². The number of likely N-dealkylation sites (tertiary alicyclic amines) is 1. The largest absolute Gasteiger partial charge is 0.356 e. The molecule has 0 unspecified atom stereocenters. The Kier molecular flexibility index (Phi) is 6.43. The second-order valence-corrected chi connectivity index (χ2v) is 4.38. The molecule has 0 aromatic carbocycles. The average Bonchev–Trinajstić information content (AvgIpc) is 2.37. The molecule has 3 amide bonds. The van der Waals surface area contributed by atoms with Crippen molar-refractivity contribution in [3.63, 3.8) is 0 Å². The molecule has 1 aliphatic heterocycles. The number of carbonyl (C=O) groups is 2. The number of amides is 3. The number of rotatable bonds is 5. The number of nitrogens with one attached hydrogen (secondary N) is 2. The van der Waals surface area contributed by atoms with Gasteiger partial charge < -0.3 is 15.5 Å². The summed E-state index contributed by atoms with van der Waals surface area (Å²) >= 11 is 0. The van der Waals surface area contributed by atoms with Gasteiger partial charge in [-0.25, -0.2) is 4.79 Å². The van der Waals surface area contributed by atoms with E-state index < -0.39 is 0 Å². The lowest BCUT2D eigenvalue weighted by molar-refractivity contribution is -0.120. The summed E-state index contributed by atoms with van der Waals surface area (Å²) in [5, 5.41) is 5.57. The molecule has 5 heteroatoms. The van der Waals surface area contributed by atoms with Crippen LogP contribution in [0.25, 0.3) is 0 Å². The van der Waals surface area contributed by atoms with Gasteiger partial charge in [-0.05, 0) is 25.7 Å². The molecule has 0 aliphatic carbocycles. The molecule has 0 radical (unpaired) electrons. The smallest absolute Gasteiger partial charge is 0.317 e. The van der Waals surface area contributed by atoms with E-state index in [1.54, 1.807) is 0 Å². The third kappa shape index (κ3) is 5.56. The highest BCUT2D eigenvalue weighted by atomic mass is 16.2. The fraction of sp³-hybridized carbons (Fsp3) is 0.833. The molecule has 0 aromatic rings. The van der Waals surface area contributed by atoms with Crippen LogP contribution in [0.15, 0.2) is 0 Å². The van der Waals surface area contributed by atoms with Gasteiger partial charge in [-0.2, -0.15) is 0 Å². The van der Waals surface area contributed by atoms with E-state index in [4.69, 9.17) is 0 Å². The molecular weight excluding hydrogens is 218 g/mol. The third-order valence-electron chi connectivity index (χ3n) is 2.84. The van der Waals surface area contributed by atoms with E-state index in [2.05, 4.69) is 10.6 Å². The normalized spacial score (nSPS) is 15.5. The van der Waals surface area contributed by atoms with Gasteiger partial charge >= 0.3 is 6.03 Å². The van der Waals surface area contributed by atoms with Crippen molar-refractivity contribution >= 4 is 11.9 Å². The van der Waals surface area contributed by atoms with E-state index >= 15 is 0 Å². The number of hydrogen-bond acceptors (Lipinski definition) is 2. The molecule has 17 heavy (non-hydrogen) atoms. The van der Waals surface area contributed by atoms with Gasteiger partial charge in [0.05, 0.1) is 0 Å². The Morgan fingerprint density at radius 1 is 1.06 bits per heavy atom. The second-order valence-electron chi connectivity index (χ2n) is 4.38. The van der Waals surface area contributed by atoms with Crippen molar-refractivity contribution in [3.8, 4) is 0 Å². The zero-order valence-electron chi connectivity index (χ0n) is 10.6. The summed E-state index contributed by atoms with van der Waals surface area (Å²) in [5.74, 6) is 0.00536. The molecule has 5 nitrogen and oxygen atoms in total. The van der Waals surface area contributed by atoms with Crippen LogP contribution in [0.1, 0.15) is 39.0 Å². The zero-order valence-corrected chi connectivity index (χ0v) is 10.6. The summed E-state index contributed by atoms with van der Waals surface area (Å²) in [6.07, 6.45) is 4.68. The van der Waals surface area contributed by atoms with Crippen molar-refractivity contribution < 1.29 is 9.59 Å². The molecule has 0 atom stereocenters. The minimum Gasteiger partial charge on any atom is -0.356 e. The highest BCUT2D eigenvalue weighted by molar-refractivity contribution is 5.78. The fourth-order valence-corrected chi connectivity index (χ4v) is 1.84. The first-order valence-corrected chi connectivity index (χ1v) is 6.53. The van der Waals surface area contributed by atoms with Crippen LogP contribution in [0.5, 0.6) is 0 Å². The van der Waals surface area contributed by atoms with E-state index in [0.29, 0.717) is 19.5 Å². The number of urea groups is 1. The lowest BCUT2D eigenvalue weighted by atomic mass is 10.1. The van der Waals surface area contributed by atoms with Gasteiger partial charge in [0.15, 0.2) is 0 Å². The minimum absolute atomic E-state index is 0.00536. The highest BCUT2D eigenvalue weighted by Crippen LogP contribution is 2.08. The van der Waals surface area contributed by atoms with Crippen molar-refractivity contribution in [2.45, 2.75) is 39.0 Å². The maximum Gasteiger partial charge on any atom is 0.317 e. The van der Waals surface area contributed by atoms with Gasteiger partial charge in [0, 0.05) is 32.6 Å². The first-order valence-electron chi connectivity index (χ1n) is 6.53. The van der Waals surface area contributed by atoms with E-state index in [1.807, 2.05) is 11.8 Å². The molecule has 2 N–H and O–H groups in total. The van der Waals surface area contributed by atoms with Crippen molar-refractivity contribution in [2.24, 2.45) is 0 Å². The van der Waals surface area contributed by atoms with E-state index in [1.165, 1.54) is 6.42 Å². The van der Waals surface area contributed by atoms with Crippen LogP contribution in [-0.4, -0.2) is 43.0 Å². The summed E-state index contributed by atoms with van der Waals surface area (Å²) in [6.45, 7) is 4.82. The Balaban J connectivity index is 2.08. The van der Waals surface area contributed by atoms with Crippen LogP contribution in [0.3, 0.4) is 0 Å². The van der Waals surface area contributed by atoms with Gasteiger partial charge in [-0.3, -0.25) is 4.79 Å². The van der Waals surface area contributed by atoms with Gasteiger partial charge in [-0.1, -0.05) is 6.92 Å². The Morgan fingerprint density at radius 3 is 2.41 bits per heavy atom. The maximum absolute atomic E-state index is 11.7. The number of carbonyl (C=O) groups excluding carboxylic acids is 2. The van der Waals surface area contributed by atoms with Crippen LogP contribution in [0.2, 0.25) is 0 Å². The Bertz CT molecular complexity index is 250. The van der Waals surface area contributed by atoms with Crippen molar-refractivity contribution in [2.75, 3.05) is 26.2 Å². The van der Waals surface area contributed by atoms with Crippen LogP contribution in [0, 0.1) is 0 Å². The lowest BCUT2D eigenvalue weighted by Gasteiger charge is -2.26. The maximum atomic E-state index is 11.7. The van der Waals surface area contributed by atoms with Crippen LogP contribution >= 0.6 is 0 Å². The van der Waals surface area contributed by atoms with Gasteiger partial charge in [0.2, 0.25) is 5.91 Å². The predicted molar refractivity (Wildman–Crippen MR) is 66.7 cm³/mol. The van der Waals surface area contributed by atoms with Crippen LogP contribution < -0.4 is 10.6 Å². The first kappa shape index (κ1) is 13.8. The summed E-state index contributed by atoms with van der Waals surface area (Å²) in [4.78, 5) is 24.8. The topological polar surface area (TPSA) is 61.4 Å². The Hall–Kier alpha value is -1.26. The fourth-order valence-electron chi connectivity index (χ4n) is 1.84. The molecule has 1 fully saturated rings. The first-order chi connectivity index (χ1) is 8.24. The third-order valence-corrected chi connectivity index (χ3v) is 2.84. The molecule has 0 aromatic heterocycles. The van der Waals surface area contributed by atoms with Crippen molar-refractivity contribution in [1.29, 1.82) is 0 Å². The van der Waals surface area contributed by atoms with Crippen LogP contribution in [-0.2, 0) is 4.79 Å². The summed E-state index contributed by atoms with van der Waals surface area (Å²) in [6, 6.07) is -0.0343.